The highest BCUT2D eigenvalue weighted by Crippen LogP contribution is 2.37. The second-order valence-electron chi connectivity index (χ2n) is 14.1. The van der Waals surface area contributed by atoms with Crippen molar-refractivity contribution in [3.63, 3.8) is 0 Å². The minimum atomic E-state index is -1.19. The van der Waals surface area contributed by atoms with E-state index in [0.717, 1.165) is 57.7 Å². The molecule has 5 aromatic rings. The first-order valence-corrected chi connectivity index (χ1v) is 19.4. The van der Waals surface area contributed by atoms with Gasteiger partial charge in [-0.05, 0) is 83.5 Å². The van der Waals surface area contributed by atoms with E-state index in [1.807, 2.05) is 24.3 Å². The number of hydrogen-bond donors (Lipinski definition) is 5. The maximum absolute atomic E-state index is 11.5. The minimum absolute atomic E-state index is 0.0443. The number of carbonyl (C=O) groups excluding carboxylic acids is 1. The second-order valence-corrected chi connectivity index (χ2v) is 14.5. The normalized spacial score (nSPS) is 14.1. The molecule has 1 amide bonds. The average Bonchev–Trinajstić information content (AvgIpc) is 3.65. The Morgan fingerprint density at radius 1 is 0.948 bits per heavy atom. The Kier molecular flexibility index (Phi) is 14.3. The molecule has 0 aliphatic carbocycles. The molecular formula is C45H46ClN5O7. The van der Waals surface area contributed by atoms with E-state index in [9.17, 15) is 25.1 Å². The maximum Gasteiger partial charge on any atom is 0.323 e. The van der Waals surface area contributed by atoms with Gasteiger partial charge in [0.15, 0.2) is 0 Å². The quantitative estimate of drug-likeness (QED) is 0.0577. The Morgan fingerprint density at radius 3 is 2.41 bits per heavy atom. The van der Waals surface area contributed by atoms with Crippen molar-refractivity contribution in [2.75, 3.05) is 26.3 Å². The SMILES string of the molecule is Cc1c(COc2cc(OCc3cncc(C#N)c3)c(CNC(CO)C(=O)O)cc2Cl)cccc1-c1cccc(-c2ccc(OCCNCC3CCC(=O)N3)cc2)c1C. The molecule has 12 nitrogen and oxygen atoms in total. The van der Waals surface area contributed by atoms with Crippen molar-refractivity contribution in [3.05, 3.63) is 130 Å². The molecule has 2 atom stereocenters. The number of nitriles is 1. The molecule has 2 unspecified atom stereocenters. The number of rotatable bonds is 19. The second kappa shape index (κ2) is 19.9. The summed E-state index contributed by atoms with van der Waals surface area (Å²) in [7, 11) is 0. The fourth-order valence-corrected chi connectivity index (χ4v) is 7.06. The monoisotopic (exact) mass is 803 g/mol. The number of benzene rings is 4. The van der Waals surface area contributed by atoms with Gasteiger partial charge in [-0.1, -0.05) is 60.1 Å². The van der Waals surface area contributed by atoms with Gasteiger partial charge in [-0.15, -0.1) is 0 Å². The predicted octanol–water partition coefficient (Wildman–Crippen LogP) is 6.50. The van der Waals surface area contributed by atoms with Gasteiger partial charge < -0.3 is 35.1 Å². The molecule has 1 aromatic heterocycles. The third-order valence-corrected chi connectivity index (χ3v) is 10.4. The Bertz CT molecular complexity index is 2280. The molecule has 0 bridgehead atoms. The van der Waals surface area contributed by atoms with Crippen molar-refractivity contribution in [2.24, 2.45) is 0 Å². The van der Waals surface area contributed by atoms with E-state index in [0.29, 0.717) is 52.8 Å². The number of nitrogens with zero attached hydrogens (tertiary/aromatic N) is 2. The summed E-state index contributed by atoms with van der Waals surface area (Å²) in [6, 6.07) is 26.6. The lowest BCUT2D eigenvalue weighted by Gasteiger charge is -2.19. The van der Waals surface area contributed by atoms with Crippen molar-refractivity contribution >= 4 is 23.5 Å². The van der Waals surface area contributed by atoms with Gasteiger partial charge in [-0.2, -0.15) is 5.26 Å². The van der Waals surface area contributed by atoms with Gasteiger partial charge in [0, 0.05) is 61.7 Å². The summed E-state index contributed by atoms with van der Waals surface area (Å²) < 4.78 is 18.4. The molecule has 13 heteroatoms. The van der Waals surface area contributed by atoms with Crippen LogP contribution >= 0.6 is 11.6 Å². The number of halogens is 1. The molecule has 5 N–H and O–H groups in total. The summed E-state index contributed by atoms with van der Waals surface area (Å²) in [5.41, 5.74) is 9.13. The number of pyridine rings is 1. The minimum Gasteiger partial charge on any atom is -0.492 e. The molecule has 4 aromatic carbocycles. The van der Waals surface area contributed by atoms with E-state index in [1.54, 1.807) is 24.4 Å². The zero-order chi connectivity index (χ0) is 41.0. The van der Waals surface area contributed by atoms with Gasteiger partial charge in [-0.3, -0.25) is 19.9 Å². The van der Waals surface area contributed by atoms with Crippen molar-refractivity contribution in [3.8, 4) is 45.6 Å². The molecule has 300 valence electrons. The number of aliphatic carboxylic acids is 1. The molecule has 1 aliphatic rings. The summed E-state index contributed by atoms with van der Waals surface area (Å²) >= 11 is 6.73. The van der Waals surface area contributed by atoms with Crippen LogP contribution < -0.4 is 30.2 Å². The Labute approximate surface area is 342 Å². The number of aromatic nitrogens is 1. The van der Waals surface area contributed by atoms with Crippen molar-refractivity contribution in [1.82, 2.24) is 20.9 Å². The van der Waals surface area contributed by atoms with Crippen LogP contribution in [0, 0.1) is 25.2 Å². The summed E-state index contributed by atoms with van der Waals surface area (Å²) in [6.45, 7) is 5.88. The smallest absolute Gasteiger partial charge is 0.323 e. The molecule has 1 aliphatic heterocycles. The van der Waals surface area contributed by atoms with Crippen LogP contribution in [0.1, 0.15) is 46.2 Å². The van der Waals surface area contributed by atoms with Crippen LogP contribution in [-0.2, 0) is 29.3 Å². The maximum atomic E-state index is 11.5. The van der Waals surface area contributed by atoms with E-state index in [2.05, 4.69) is 77.2 Å². The standard InChI is InChI=1S/C45H46ClN5O7/c1-28-33(27-58-43-19-42(57-26-31-17-30(20-47)21-49-22-31)34(18-40(43)46)23-50-41(25-52)45(54)55)5-3-7-38(28)39-8-4-6-37(29(39)2)32-9-12-36(13-10-32)56-16-15-48-24-35-11-14-44(53)51-35/h3-10,12-13,17-19,21-22,35,41,48,50,52H,11,14-16,23-27H2,1-2H3,(H,51,53)(H,54,55). The number of hydrogen-bond acceptors (Lipinski definition) is 10. The number of carboxylic acids is 1. The lowest BCUT2D eigenvalue weighted by atomic mass is 9.89. The van der Waals surface area contributed by atoms with Gasteiger partial charge in [-0.25, -0.2) is 0 Å². The van der Waals surface area contributed by atoms with Gasteiger partial charge in [0.1, 0.15) is 49.2 Å². The van der Waals surface area contributed by atoms with Gasteiger partial charge in [0.2, 0.25) is 5.91 Å². The third-order valence-electron chi connectivity index (χ3n) is 10.1. The van der Waals surface area contributed by atoms with E-state index >= 15 is 0 Å². The zero-order valence-electron chi connectivity index (χ0n) is 32.4. The Balaban J connectivity index is 1.14. The van der Waals surface area contributed by atoms with Crippen LogP contribution in [0.2, 0.25) is 5.02 Å². The van der Waals surface area contributed by atoms with E-state index in [-0.39, 0.29) is 31.7 Å². The lowest BCUT2D eigenvalue weighted by Crippen LogP contribution is -2.39. The highest BCUT2D eigenvalue weighted by atomic mass is 35.5. The van der Waals surface area contributed by atoms with Crippen LogP contribution in [0.3, 0.4) is 0 Å². The fraction of sp³-hybridized carbons (Fsp3) is 0.289. The number of carbonyl (C=O) groups is 2. The highest BCUT2D eigenvalue weighted by Gasteiger charge is 2.21. The largest absolute Gasteiger partial charge is 0.492 e. The average molecular weight is 804 g/mol. The summed E-state index contributed by atoms with van der Waals surface area (Å²) in [5.74, 6) is 0.471. The molecule has 6 rings (SSSR count). The number of ether oxygens (including phenoxy) is 3. The van der Waals surface area contributed by atoms with E-state index in [4.69, 9.17) is 25.8 Å². The molecule has 0 spiro atoms. The lowest BCUT2D eigenvalue weighted by molar-refractivity contribution is -0.140. The van der Waals surface area contributed by atoms with Crippen LogP contribution in [0.4, 0.5) is 0 Å². The fourth-order valence-electron chi connectivity index (χ4n) is 6.82. The van der Waals surface area contributed by atoms with Crippen LogP contribution in [0.25, 0.3) is 22.3 Å². The summed E-state index contributed by atoms with van der Waals surface area (Å²) in [6.07, 6.45) is 4.52. The van der Waals surface area contributed by atoms with Gasteiger partial charge in [0.25, 0.3) is 0 Å². The highest BCUT2D eigenvalue weighted by molar-refractivity contribution is 6.32. The molecule has 0 saturated carbocycles. The topological polar surface area (TPSA) is 175 Å². The summed E-state index contributed by atoms with van der Waals surface area (Å²) in [4.78, 5) is 27.0. The zero-order valence-corrected chi connectivity index (χ0v) is 33.1. The van der Waals surface area contributed by atoms with Crippen molar-refractivity contribution < 1.29 is 34.0 Å². The number of aliphatic hydroxyl groups excluding tert-OH is 1. The van der Waals surface area contributed by atoms with E-state index in [1.165, 1.54) is 6.20 Å². The van der Waals surface area contributed by atoms with Crippen molar-refractivity contribution in [1.29, 1.82) is 5.26 Å². The first-order chi connectivity index (χ1) is 28.1. The van der Waals surface area contributed by atoms with Gasteiger partial charge >= 0.3 is 5.97 Å². The van der Waals surface area contributed by atoms with Crippen LogP contribution in [0.5, 0.6) is 17.2 Å². The van der Waals surface area contributed by atoms with Gasteiger partial charge in [0.05, 0.1) is 17.2 Å². The first-order valence-electron chi connectivity index (χ1n) is 19.0. The summed E-state index contributed by atoms with van der Waals surface area (Å²) in [5, 5.41) is 37.7. The molecule has 0 radical (unpaired) electrons. The van der Waals surface area contributed by atoms with Crippen LogP contribution in [0.15, 0.2) is 91.3 Å². The molecule has 1 fully saturated rings. The third kappa shape index (κ3) is 10.7. The van der Waals surface area contributed by atoms with E-state index < -0.39 is 18.6 Å². The number of nitrogens with one attached hydrogen (secondary N) is 3. The predicted molar refractivity (Wildman–Crippen MR) is 221 cm³/mol. The first kappa shape index (κ1) is 41.7. The molecule has 58 heavy (non-hydrogen) atoms. The number of aliphatic hydroxyl groups is 1. The molecule has 1 saturated heterocycles. The van der Waals surface area contributed by atoms with Crippen LogP contribution in [-0.4, -0.2) is 65.5 Å². The Hall–Kier alpha value is -5.97. The number of carboxylic acid groups (broad SMARTS) is 1. The molecular weight excluding hydrogens is 758 g/mol. The number of amides is 1. The molecule has 2 heterocycles. The van der Waals surface area contributed by atoms with Crippen molar-refractivity contribution in [2.45, 2.75) is 58.5 Å². The Morgan fingerprint density at radius 2 is 1.69 bits per heavy atom.